The maximum Gasteiger partial charge on any atom is 0.251 e. The Bertz CT molecular complexity index is 909. The fourth-order valence-electron chi connectivity index (χ4n) is 3.55. The molecule has 3 aromatic rings. The number of carbonyl (C=O) groups is 1. The number of carbonyl (C=O) groups excluding carboxylic acids is 1. The van der Waals surface area contributed by atoms with Gasteiger partial charge in [-0.3, -0.25) is 9.48 Å². The number of fused-ring (bicyclic) bond motifs is 1. The molecule has 1 N–H and O–H groups in total. The molecule has 1 fully saturated rings. The Morgan fingerprint density at radius 2 is 1.96 bits per heavy atom. The largest absolute Gasteiger partial charge is 0.497 e. The van der Waals surface area contributed by atoms with Crippen LogP contribution in [0.25, 0.3) is 10.9 Å². The van der Waals surface area contributed by atoms with Crippen LogP contribution in [0.15, 0.2) is 48.7 Å². The molecule has 26 heavy (non-hydrogen) atoms. The second-order valence-electron chi connectivity index (χ2n) is 6.90. The van der Waals surface area contributed by atoms with Crippen molar-refractivity contribution in [2.24, 2.45) is 0 Å². The molecule has 0 spiro atoms. The van der Waals surface area contributed by atoms with Gasteiger partial charge in [0.2, 0.25) is 0 Å². The highest BCUT2D eigenvalue weighted by atomic mass is 16.5. The average molecular weight is 349 g/mol. The Balaban J connectivity index is 1.50. The standard InChI is InChI=1S/C21H23N3O2/c1-26-19-10-6-15(7-11-19)13-24-14-17-9-8-16(12-20(17)23-24)21(25)22-18-4-2-3-5-18/h6-12,14,18H,2-5,13H2,1H3,(H,22,25). The van der Waals surface area contributed by atoms with Crippen LogP contribution in [-0.4, -0.2) is 28.8 Å². The molecule has 4 rings (SSSR count). The minimum Gasteiger partial charge on any atom is -0.497 e. The van der Waals surface area contributed by atoms with E-state index in [1.165, 1.54) is 12.8 Å². The first-order chi connectivity index (χ1) is 12.7. The molecule has 0 radical (unpaired) electrons. The summed E-state index contributed by atoms with van der Waals surface area (Å²) in [4.78, 5) is 12.4. The van der Waals surface area contributed by atoms with E-state index in [1.807, 2.05) is 53.3 Å². The number of methoxy groups -OCH3 is 1. The zero-order valence-corrected chi connectivity index (χ0v) is 14.9. The van der Waals surface area contributed by atoms with Crippen molar-refractivity contribution in [1.29, 1.82) is 0 Å². The van der Waals surface area contributed by atoms with Gasteiger partial charge in [-0.1, -0.05) is 31.0 Å². The Kier molecular flexibility index (Phi) is 4.61. The quantitative estimate of drug-likeness (QED) is 0.763. The molecule has 1 amide bonds. The molecular weight excluding hydrogens is 326 g/mol. The fourth-order valence-corrected chi connectivity index (χ4v) is 3.55. The van der Waals surface area contributed by atoms with Crippen molar-refractivity contribution in [3.05, 3.63) is 59.8 Å². The van der Waals surface area contributed by atoms with Gasteiger partial charge < -0.3 is 10.1 Å². The Morgan fingerprint density at radius 3 is 2.69 bits per heavy atom. The van der Waals surface area contributed by atoms with E-state index in [2.05, 4.69) is 10.4 Å². The van der Waals surface area contributed by atoms with Crippen LogP contribution in [-0.2, 0) is 6.54 Å². The van der Waals surface area contributed by atoms with E-state index < -0.39 is 0 Å². The molecule has 5 heteroatoms. The van der Waals surface area contributed by atoms with Gasteiger partial charge in [-0.25, -0.2) is 0 Å². The Morgan fingerprint density at radius 1 is 1.19 bits per heavy atom. The van der Waals surface area contributed by atoms with Gasteiger partial charge in [-0.15, -0.1) is 0 Å². The molecule has 0 bridgehead atoms. The van der Waals surface area contributed by atoms with Gasteiger partial charge in [0, 0.05) is 23.2 Å². The topological polar surface area (TPSA) is 56.1 Å². The van der Waals surface area contributed by atoms with E-state index in [1.54, 1.807) is 7.11 Å². The summed E-state index contributed by atoms with van der Waals surface area (Å²) < 4.78 is 7.10. The molecule has 1 aliphatic rings. The summed E-state index contributed by atoms with van der Waals surface area (Å²) in [7, 11) is 1.66. The number of nitrogens with one attached hydrogen (secondary N) is 1. The van der Waals surface area contributed by atoms with Gasteiger partial charge >= 0.3 is 0 Å². The van der Waals surface area contributed by atoms with E-state index in [4.69, 9.17) is 4.74 Å². The number of hydrogen-bond donors (Lipinski definition) is 1. The summed E-state index contributed by atoms with van der Waals surface area (Å²) in [5, 5.41) is 8.80. The lowest BCUT2D eigenvalue weighted by atomic mass is 10.1. The number of nitrogens with zero attached hydrogens (tertiary/aromatic N) is 2. The lowest BCUT2D eigenvalue weighted by molar-refractivity contribution is 0.0938. The van der Waals surface area contributed by atoms with Crippen LogP contribution < -0.4 is 10.1 Å². The van der Waals surface area contributed by atoms with Crippen LogP contribution in [0, 0.1) is 0 Å². The zero-order chi connectivity index (χ0) is 17.9. The predicted octanol–water partition coefficient (Wildman–Crippen LogP) is 3.77. The molecule has 2 aromatic carbocycles. The van der Waals surface area contributed by atoms with Crippen LogP contribution in [0.2, 0.25) is 0 Å². The third-order valence-corrected chi connectivity index (χ3v) is 5.01. The highest BCUT2D eigenvalue weighted by Crippen LogP contribution is 2.20. The summed E-state index contributed by atoms with van der Waals surface area (Å²) in [6, 6.07) is 14.0. The second kappa shape index (κ2) is 7.20. The number of aromatic nitrogens is 2. The summed E-state index contributed by atoms with van der Waals surface area (Å²) >= 11 is 0. The van der Waals surface area contributed by atoms with E-state index in [-0.39, 0.29) is 5.91 Å². The number of ether oxygens (including phenoxy) is 1. The number of rotatable bonds is 5. The molecule has 1 heterocycles. The van der Waals surface area contributed by atoms with Gasteiger partial charge in [-0.05, 0) is 42.7 Å². The Hall–Kier alpha value is -2.82. The van der Waals surface area contributed by atoms with Crippen molar-refractivity contribution < 1.29 is 9.53 Å². The maximum absolute atomic E-state index is 12.4. The van der Waals surface area contributed by atoms with E-state index in [0.29, 0.717) is 18.2 Å². The smallest absolute Gasteiger partial charge is 0.251 e. The van der Waals surface area contributed by atoms with Crippen molar-refractivity contribution >= 4 is 16.8 Å². The summed E-state index contributed by atoms with van der Waals surface area (Å²) in [5.74, 6) is 0.848. The molecule has 1 saturated carbocycles. The maximum atomic E-state index is 12.4. The summed E-state index contributed by atoms with van der Waals surface area (Å²) in [6.45, 7) is 0.683. The minimum absolute atomic E-state index is 0.00324. The van der Waals surface area contributed by atoms with Crippen molar-refractivity contribution in [3.8, 4) is 5.75 Å². The van der Waals surface area contributed by atoms with E-state index in [9.17, 15) is 4.79 Å². The predicted molar refractivity (Wildman–Crippen MR) is 102 cm³/mol. The fraction of sp³-hybridized carbons (Fsp3) is 0.333. The molecular formula is C21H23N3O2. The highest BCUT2D eigenvalue weighted by Gasteiger charge is 2.18. The number of benzene rings is 2. The van der Waals surface area contributed by atoms with Crippen molar-refractivity contribution in [3.63, 3.8) is 0 Å². The molecule has 134 valence electrons. The van der Waals surface area contributed by atoms with Gasteiger partial charge in [0.25, 0.3) is 5.91 Å². The van der Waals surface area contributed by atoms with Gasteiger partial charge in [0.15, 0.2) is 0 Å². The second-order valence-corrected chi connectivity index (χ2v) is 6.90. The van der Waals surface area contributed by atoms with E-state index in [0.717, 1.165) is 35.1 Å². The van der Waals surface area contributed by atoms with Gasteiger partial charge in [0.1, 0.15) is 5.75 Å². The average Bonchev–Trinajstić information content (AvgIpc) is 3.30. The van der Waals surface area contributed by atoms with Crippen LogP contribution in [0.1, 0.15) is 41.6 Å². The number of hydrogen-bond acceptors (Lipinski definition) is 3. The first kappa shape index (κ1) is 16.6. The molecule has 1 aliphatic carbocycles. The zero-order valence-electron chi connectivity index (χ0n) is 14.9. The SMILES string of the molecule is COc1ccc(Cn2cc3ccc(C(=O)NC4CCCC4)cc3n2)cc1. The molecule has 0 atom stereocenters. The molecule has 1 aromatic heterocycles. The van der Waals surface area contributed by atoms with Crippen molar-refractivity contribution in [2.75, 3.05) is 7.11 Å². The highest BCUT2D eigenvalue weighted by molar-refractivity contribution is 5.97. The van der Waals surface area contributed by atoms with Crippen molar-refractivity contribution in [2.45, 2.75) is 38.3 Å². The first-order valence-electron chi connectivity index (χ1n) is 9.12. The molecule has 0 saturated heterocycles. The van der Waals surface area contributed by atoms with Crippen LogP contribution in [0.3, 0.4) is 0 Å². The van der Waals surface area contributed by atoms with Crippen LogP contribution in [0.4, 0.5) is 0 Å². The van der Waals surface area contributed by atoms with Gasteiger partial charge in [0.05, 0.1) is 19.2 Å². The molecule has 5 nitrogen and oxygen atoms in total. The third-order valence-electron chi connectivity index (χ3n) is 5.01. The van der Waals surface area contributed by atoms with Crippen LogP contribution in [0.5, 0.6) is 5.75 Å². The molecule has 0 unspecified atom stereocenters. The summed E-state index contributed by atoms with van der Waals surface area (Å²) in [5.41, 5.74) is 2.68. The summed E-state index contributed by atoms with van der Waals surface area (Å²) in [6.07, 6.45) is 6.60. The van der Waals surface area contributed by atoms with Gasteiger partial charge in [-0.2, -0.15) is 5.10 Å². The van der Waals surface area contributed by atoms with E-state index >= 15 is 0 Å². The number of amides is 1. The third kappa shape index (κ3) is 3.57. The Labute approximate surface area is 153 Å². The monoisotopic (exact) mass is 349 g/mol. The lowest BCUT2D eigenvalue weighted by Gasteiger charge is -2.11. The van der Waals surface area contributed by atoms with Crippen molar-refractivity contribution in [1.82, 2.24) is 15.1 Å². The lowest BCUT2D eigenvalue weighted by Crippen LogP contribution is -2.32. The normalized spacial score (nSPS) is 14.7. The molecule has 0 aliphatic heterocycles. The minimum atomic E-state index is 0.00324. The first-order valence-corrected chi connectivity index (χ1v) is 9.12. The van der Waals surface area contributed by atoms with Crippen LogP contribution >= 0.6 is 0 Å².